The van der Waals surface area contributed by atoms with Crippen LogP contribution in [-0.4, -0.2) is 19.5 Å². The lowest BCUT2D eigenvalue weighted by Gasteiger charge is -2.10. The Labute approximate surface area is 139 Å². The number of carbonyl (C=O) groups is 1. The molecular formula is C11H6Cl3NO4S2. The first kappa shape index (κ1) is 16.4. The van der Waals surface area contributed by atoms with Gasteiger partial charge in [-0.25, -0.2) is 13.2 Å². The molecule has 0 aliphatic heterocycles. The third kappa shape index (κ3) is 3.61. The molecule has 1 aromatic carbocycles. The van der Waals surface area contributed by atoms with Gasteiger partial charge in [0.2, 0.25) is 0 Å². The maximum absolute atomic E-state index is 12.2. The first-order valence-corrected chi connectivity index (χ1v) is 8.64. The fourth-order valence-electron chi connectivity index (χ4n) is 1.40. The van der Waals surface area contributed by atoms with E-state index in [1.54, 1.807) is 0 Å². The summed E-state index contributed by atoms with van der Waals surface area (Å²) in [5.41, 5.74) is -0.0204. The average Bonchev–Trinajstić information content (AvgIpc) is 2.84. The van der Waals surface area contributed by atoms with E-state index in [1.165, 1.54) is 24.3 Å². The minimum Gasteiger partial charge on any atom is -0.477 e. The summed E-state index contributed by atoms with van der Waals surface area (Å²) in [5, 5.41) is 9.14. The van der Waals surface area contributed by atoms with E-state index in [0.717, 1.165) is 0 Å². The molecular weight excluding hydrogens is 381 g/mol. The van der Waals surface area contributed by atoms with E-state index in [0.29, 0.717) is 11.3 Å². The Kier molecular flexibility index (Phi) is 4.69. The quantitative estimate of drug-likeness (QED) is 0.824. The van der Waals surface area contributed by atoms with Crippen molar-refractivity contribution >= 4 is 67.8 Å². The van der Waals surface area contributed by atoms with Crippen LogP contribution in [-0.2, 0) is 10.0 Å². The molecule has 0 saturated carbocycles. The predicted molar refractivity (Wildman–Crippen MR) is 83.6 cm³/mol. The van der Waals surface area contributed by atoms with Crippen LogP contribution in [0.4, 0.5) is 5.69 Å². The third-order valence-electron chi connectivity index (χ3n) is 2.30. The molecule has 2 N–H and O–H groups in total. The Hall–Kier alpha value is -0.990. The van der Waals surface area contributed by atoms with E-state index in [-0.39, 0.29) is 29.8 Å². The first-order chi connectivity index (χ1) is 9.70. The molecule has 5 nitrogen and oxygen atoms in total. The molecule has 0 unspecified atom stereocenters. The van der Waals surface area contributed by atoms with Crippen molar-refractivity contribution in [1.82, 2.24) is 0 Å². The summed E-state index contributed by atoms with van der Waals surface area (Å²) in [6.07, 6.45) is 0. The lowest BCUT2D eigenvalue weighted by molar-refractivity contribution is 0.0702. The lowest BCUT2D eigenvalue weighted by atomic mass is 10.3. The molecule has 2 aromatic rings. The largest absolute Gasteiger partial charge is 0.477 e. The van der Waals surface area contributed by atoms with Gasteiger partial charge < -0.3 is 5.11 Å². The van der Waals surface area contributed by atoms with Crippen LogP contribution in [0.25, 0.3) is 0 Å². The van der Waals surface area contributed by atoms with Gasteiger partial charge in [0.05, 0.1) is 15.7 Å². The van der Waals surface area contributed by atoms with Gasteiger partial charge in [0.25, 0.3) is 10.0 Å². The summed E-state index contributed by atoms with van der Waals surface area (Å²) in [6.45, 7) is 0. The third-order valence-corrected chi connectivity index (χ3v) is 6.03. The Morgan fingerprint density at radius 2 is 1.71 bits per heavy atom. The molecule has 112 valence electrons. The van der Waals surface area contributed by atoms with Gasteiger partial charge in [0.15, 0.2) is 0 Å². The smallest absolute Gasteiger partial charge is 0.345 e. The Balaban J connectivity index is 2.40. The number of carboxylic acid groups (broad SMARTS) is 1. The molecule has 0 spiro atoms. The number of sulfonamides is 1. The maximum Gasteiger partial charge on any atom is 0.345 e. The van der Waals surface area contributed by atoms with Crippen molar-refractivity contribution in [1.29, 1.82) is 0 Å². The first-order valence-electron chi connectivity index (χ1n) is 5.21. The SMILES string of the molecule is O=C(O)c1ccc(S(=O)(=O)Nc2c(Cl)cc(Cl)cc2Cl)s1. The highest BCUT2D eigenvalue weighted by molar-refractivity contribution is 7.94. The van der Waals surface area contributed by atoms with Gasteiger partial charge in [-0.3, -0.25) is 4.72 Å². The second kappa shape index (κ2) is 6.02. The van der Waals surface area contributed by atoms with Crippen molar-refractivity contribution in [2.75, 3.05) is 4.72 Å². The zero-order valence-electron chi connectivity index (χ0n) is 9.93. The van der Waals surface area contributed by atoms with E-state index in [2.05, 4.69) is 4.72 Å². The number of rotatable bonds is 4. The van der Waals surface area contributed by atoms with Gasteiger partial charge in [-0.15, -0.1) is 11.3 Å². The number of nitrogens with one attached hydrogen (secondary N) is 1. The van der Waals surface area contributed by atoms with E-state index in [4.69, 9.17) is 39.9 Å². The fraction of sp³-hybridized carbons (Fsp3) is 0. The lowest BCUT2D eigenvalue weighted by Crippen LogP contribution is -2.12. The number of hydrogen-bond acceptors (Lipinski definition) is 4. The fourth-order valence-corrected chi connectivity index (χ4v) is 4.67. The van der Waals surface area contributed by atoms with Crippen molar-refractivity contribution < 1.29 is 18.3 Å². The zero-order chi connectivity index (χ0) is 15.8. The summed E-state index contributed by atoms with van der Waals surface area (Å²) < 4.78 is 26.4. The molecule has 0 bridgehead atoms. The highest BCUT2D eigenvalue weighted by atomic mass is 35.5. The normalized spacial score (nSPS) is 11.4. The predicted octanol–water partition coefficient (Wildman–Crippen LogP) is 4.21. The Bertz CT molecular complexity index is 794. The van der Waals surface area contributed by atoms with Crippen LogP contribution in [0.15, 0.2) is 28.5 Å². The van der Waals surface area contributed by atoms with E-state index in [9.17, 15) is 13.2 Å². The number of halogens is 3. The number of anilines is 1. The number of carboxylic acids is 1. The van der Waals surface area contributed by atoms with Gasteiger partial charge in [-0.2, -0.15) is 0 Å². The van der Waals surface area contributed by atoms with Crippen molar-refractivity contribution in [2.45, 2.75) is 4.21 Å². The average molecular weight is 387 g/mol. The summed E-state index contributed by atoms with van der Waals surface area (Å²) in [4.78, 5) is 10.7. The van der Waals surface area contributed by atoms with Crippen molar-refractivity contribution in [3.63, 3.8) is 0 Å². The second-order valence-electron chi connectivity index (χ2n) is 3.77. The summed E-state index contributed by atoms with van der Waals surface area (Å²) in [5.74, 6) is -1.20. The standard InChI is InChI=1S/C11H6Cl3NO4S2/c12-5-3-6(13)10(7(14)4-5)15-21(18,19)9-2-1-8(20-9)11(16)17/h1-4,15H,(H,16,17). The molecule has 1 aromatic heterocycles. The molecule has 0 radical (unpaired) electrons. The van der Waals surface area contributed by atoms with Crippen LogP contribution < -0.4 is 4.72 Å². The van der Waals surface area contributed by atoms with Crippen LogP contribution in [0.2, 0.25) is 15.1 Å². The topological polar surface area (TPSA) is 83.5 Å². The van der Waals surface area contributed by atoms with Crippen molar-refractivity contribution in [3.8, 4) is 0 Å². The highest BCUT2D eigenvalue weighted by Crippen LogP contribution is 2.35. The van der Waals surface area contributed by atoms with E-state index in [1.807, 2.05) is 0 Å². The summed E-state index contributed by atoms with van der Waals surface area (Å²) in [7, 11) is -3.99. The molecule has 0 fully saturated rings. The molecule has 0 aliphatic carbocycles. The molecule has 0 saturated heterocycles. The van der Waals surface area contributed by atoms with Crippen LogP contribution in [0.3, 0.4) is 0 Å². The minimum atomic E-state index is -3.99. The van der Waals surface area contributed by atoms with Crippen molar-refractivity contribution in [3.05, 3.63) is 44.2 Å². The Morgan fingerprint density at radius 3 is 2.19 bits per heavy atom. The molecule has 21 heavy (non-hydrogen) atoms. The van der Waals surface area contributed by atoms with E-state index < -0.39 is 16.0 Å². The Morgan fingerprint density at radius 1 is 1.14 bits per heavy atom. The number of hydrogen-bond donors (Lipinski definition) is 2. The molecule has 0 amide bonds. The molecule has 0 atom stereocenters. The molecule has 10 heteroatoms. The van der Waals surface area contributed by atoms with Crippen LogP contribution in [0.1, 0.15) is 9.67 Å². The van der Waals surface area contributed by atoms with Crippen molar-refractivity contribution in [2.24, 2.45) is 0 Å². The zero-order valence-corrected chi connectivity index (χ0v) is 13.8. The monoisotopic (exact) mass is 385 g/mol. The molecule has 2 rings (SSSR count). The molecule has 0 aliphatic rings. The van der Waals surface area contributed by atoms with Gasteiger partial charge in [-0.05, 0) is 24.3 Å². The maximum atomic E-state index is 12.2. The van der Waals surface area contributed by atoms with Crippen LogP contribution in [0.5, 0.6) is 0 Å². The highest BCUT2D eigenvalue weighted by Gasteiger charge is 2.21. The van der Waals surface area contributed by atoms with Crippen LogP contribution >= 0.6 is 46.1 Å². The number of aromatic carboxylic acids is 1. The van der Waals surface area contributed by atoms with Gasteiger partial charge >= 0.3 is 5.97 Å². The molecule has 1 heterocycles. The second-order valence-corrected chi connectivity index (χ2v) is 8.02. The number of benzene rings is 1. The van der Waals surface area contributed by atoms with Gasteiger partial charge in [0, 0.05) is 5.02 Å². The minimum absolute atomic E-state index is 0.0204. The number of thiophene rings is 1. The van der Waals surface area contributed by atoms with Gasteiger partial charge in [0.1, 0.15) is 9.09 Å². The van der Waals surface area contributed by atoms with E-state index >= 15 is 0 Å². The van der Waals surface area contributed by atoms with Crippen LogP contribution in [0, 0.1) is 0 Å². The van der Waals surface area contributed by atoms with Gasteiger partial charge in [-0.1, -0.05) is 34.8 Å². The summed E-state index contributed by atoms with van der Waals surface area (Å²) in [6, 6.07) is 5.06. The summed E-state index contributed by atoms with van der Waals surface area (Å²) >= 11 is 18.2.